The molecule has 0 radical (unpaired) electrons. The number of fused-ring (bicyclic) bond motifs is 1. The summed E-state index contributed by atoms with van der Waals surface area (Å²) in [6.45, 7) is 0.117. The normalized spacial score (nSPS) is 14.0. The van der Waals surface area contributed by atoms with Crippen molar-refractivity contribution >= 4 is 17.4 Å². The van der Waals surface area contributed by atoms with Crippen LogP contribution in [0.25, 0.3) is 0 Å². The van der Waals surface area contributed by atoms with Crippen molar-refractivity contribution in [1.29, 1.82) is 0 Å². The summed E-state index contributed by atoms with van der Waals surface area (Å²) in [5.41, 5.74) is 6.76. The summed E-state index contributed by atoms with van der Waals surface area (Å²) >= 11 is 5.90. The Morgan fingerprint density at radius 1 is 1.38 bits per heavy atom. The Labute approximate surface area is 126 Å². The van der Waals surface area contributed by atoms with Crippen LogP contribution in [0.1, 0.15) is 17.2 Å². The molecule has 3 N–H and O–H groups in total. The van der Waals surface area contributed by atoms with E-state index in [-0.39, 0.29) is 12.6 Å². The minimum atomic E-state index is -1.00. The number of nitrogens with two attached hydrogens (primary N) is 1. The van der Waals surface area contributed by atoms with Crippen LogP contribution in [-0.4, -0.2) is 24.0 Å². The standard InChI is InChI=1S/C14H13ClN2O4/c1-19-10-2-7(3-11-13(10)21-6-20-11)12(18)9-4-8(15)5-17-14(9)16/h2-5,12,18H,6H2,1H3,(H2,16,17). The van der Waals surface area contributed by atoms with E-state index in [4.69, 9.17) is 31.5 Å². The van der Waals surface area contributed by atoms with Crippen LogP contribution in [0.2, 0.25) is 5.02 Å². The molecule has 1 unspecified atom stereocenters. The monoisotopic (exact) mass is 308 g/mol. The molecule has 1 aromatic carbocycles. The van der Waals surface area contributed by atoms with Gasteiger partial charge in [-0.05, 0) is 23.8 Å². The second kappa shape index (κ2) is 5.31. The summed E-state index contributed by atoms with van der Waals surface area (Å²) in [4.78, 5) is 3.94. The lowest BCUT2D eigenvalue weighted by molar-refractivity contribution is 0.171. The number of pyridine rings is 1. The Morgan fingerprint density at radius 3 is 2.95 bits per heavy atom. The van der Waals surface area contributed by atoms with Gasteiger partial charge in [-0.3, -0.25) is 0 Å². The minimum absolute atomic E-state index is 0.117. The first-order chi connectivity index (χ1) is 10.1. The first-order valence-corrected chi connectivity index (χ1v) is 6.54. The topological polar surface area (TPSA) is 86.8 Å². The molecule has 1 aliphatic heterocycles. The van der Waals surface area contributed by atoms with Crippen molar-refractivity contribution in [3.8, 4) is 17.2 Å². The van der Waals surface area contributed by atoms with E-state index in [1.165, 1.54) is 13.3 Å². The van der Waals surface area contributed by atoms with Crippen LogP contribution in [0.15, 0.2) is 24.4 Å². The van der Waals surface area contributed by atoms with E-state index < -0.39 is 6.10 Å². The van der Waals surface area contributed by atoms with Gasteiger partial charge >= 0.3 is 0 Å². The first kappa shape index (κ1) is 13.8. The molecule has 0 bridgehead atoms. The highest BCUT2D eigenvalue weighted by atomic mass is 35.5. The van der Waals surface area contributed by atoms with Crippen LogP contribution in [0.5, 0.6) is 17.2 Å². The molecule has 6 nitrogen and oxygen atoms in total. The molecule has 1 aliphatic rings. The number of halogens is 1. The van der Waals surface area contributed by atoms with Gasteiger partial charge in [-0.1, -0.05) is 11.6 Å². The Hall–Kier alpha value is -2.18. The maximum atomic E-state index is 10.5. The van der Waals surface area contributed by atoms with Gasteiger partial charge in [0.25, 0.3) is 0 Å². The van der Waals surface area contributed by atoms with Gasteiger partial charge in [-0.2, -0.15) is 0 Å². The predicted octanol–water partition coefficient (Wildman–Crippen LogP) is 2.14. The van der Waals surface area contributed by atoms with Gasteiger partial charge in [0.1, 0.15) is 11.9 Å². The number of methoxy groups -OCH3 is 1. The number of aliphatic hydroxyl groups is 1. The fourth-order valence-corrected chi connectivity index (χ4v) is 2.34. The Morgan fingerprint density at radius 2 is 2.19 bits per heavy atom. The summed E-state index contributed by atoms with van der Waals surface area (Å²) in [6, 6.07) is 4.92. The summed E-state index contributed by atoms with van der Waals surface area (Å²) in [6.07, 6.45) is 0.424. The SMILES string of the molecule is COc1cc(C(O)c2cc(Cl)cnc2N)cc2c1OCO2. The smallest absolute Gasteiger partial charge is 0.231 e. The molecule has 0 spiro atoms. The highest BCUT2D eigenvalue weighted by Crippen LogP contribution is 2.44. The van der Waals surface area contributed by atoms with Gasteiger partial charge in [0.2, 0.25) is 12.5 Å². The fraction of sp³-hybridized carbons (Fsp3) is 0.214. The number of rotatable bonds is 3. The zero-order valence-corrected chi connectivity index (χ0v) is 11.9. The molecule has 2 heterocycles. The number of benzene rings is 1. The van der Waals surface area contributed by atoms with Crippen molar-refractivity contribution in [3.63, 3.8) is 0 Å². The number of aliphatic hydroxyl groups excluding tert-OH is 1. The lowest BCUT2D eigenvalue weighted by Gasteiger charge is -2.15. The molecule has 0 saturated heterocycles. The fourth-order valence-electron chi connectivity index (χ4n) is 2.17. The lowest BCUT2D eigenvalue weighted by atomic mass is 10.0. The Kier molecular flexibility index (Phi) is 3.48. The summed E-state index contributed by atoms with van der Waals surface area (Å²) < 4.78 is 15.9. The van der Waals surface area contributed by atoms with Crippen molar-refractivity contribution in [2.45, 2.75) is 6.10 Å². The van der Waals surface area contributed by atoms with E-state index in [2.05, 4.69) is 4.98 Å². The van der Waals surface area contributed by atoms with Crippen LogP contribution < -0.4 is 19.9 Å². The lowest BCUT2D eigenvalue weighted by Crippen LogP contribution is -2.06. The van der Waals surface area contributed by atoms with Crippen LogP contribution in [0.4, 0.5) is 5.82 Å². The number of hydrogen-bond donors (Lipinski definition) is 2. The van der Waals surface area contributed by atoms with E-state index in [1.807, 2.05) is 0 Å². The first-order valence-electron chi connectivity index (χ1n) is 6.16. The predicted molar refractivity (Wildman–Crippen MR) is 76.8 cm³/mol. The zero-order valence-electron chi connectivity index (χ0n) is 11.2. The average Bonchev–Trinajstić information content (AvgIpc) is 2.96. The molecule has 0 fully saturated rings. The van der Waals surface area contributed by atoms with Crippen LogP contribution in [0, 0.1) is 0 Å². The van der Waals surface area contributed by atoms with Gasteiger partial charge in [0.15, 0.2) is 11.5 Å². The molecular formula is C14H13ClN2O4. The Balaban J connectivity index is 2.06. The summed E-state index contributed by atoms with van der Waals surface area (Å²) in [7, 11) is 1.52. The van der Waals surface area contributed by atoms with E-state index in [0.717, 1.165) is 0 Å². The number of aromatic nitrogens is 1. The molecule has 21 heavy (non-hydrogen) atoms. The van der Waals surface area contributed by atoms with E-state index >= 15 is 0 Å². The molecule has 0 saturated carbocycles. The van der Waals surface area contributed by atoms with Crippen molar-refractivity contribution in [2.75, 3.05) is 19.6 Å². The maximum absolute atomic E-state index is 10.5. The van der Waals surface area contributed by atoms with E-state index in [9.17, 15) is 5.11 Å². The second-order valence-electron chi connectivity index (χ2n) is 4.49. The van der Waals surface area contributed by atoms with Crippen LogP contribution in [0.3, 0.4) is 0 Å². The van der Waals surface area contributed by atoms with Gasteiger partial charge in [0.05, 0.1) is 12.1 Å². The number of nitrogen functional groups attached to an aromatic ring is 1. The van der Waals surface area contributed by atoms with E-state index in [0.29, 0.717) is 33.4 Å². The molecule has 7 heteroatoms. The number of ether oxygens (including phenoxy) is 3. The van der Waals surface area contributed by atoms with Crippen molar-refractivity contribution in [3.05, 3.63) is 40.5 Å². The third-order valence-corrected chi connectivity index (χ3v) is 3.41. The van der Waals surface area contributed by atoms with Crippen molar-refractivity contribution < 1.29 is 19.3 Å². The molecule has 0 aliphatic carbocycles. The van der Waals surface area contributed by atoms with E-state index in [1.54, 1.807) is 18.2 Å². The number of anilines is 1. The average molecular weight is 309 g/mol. The summed E-state index contributed by atoms with van der Waals surface area (Å²) in [5.74, 6) is 1.72. The molecular weight excluding hydrogens is 296 g/mol. The largest absolute Gasteiger partial charge is 0.493 e. The third kappa shape index (κ3) is 2.43. The molecule has 3 rings (SSSR count). The molecule has 110 valence electrons. The highest BCUT2D eigenvalue weighted by molar-refractivity contribution is 6.30. The molecule has 1 aromatic heterocycles. The quantitative estimate of drug-likeness (QED) is 0.903. The van der Waals surface area contributed by atoms with Gasteiger partial charge in [-0.25, -0.2) is 4.98 Å². The van der Waals surface area contributed by atoms with Gasteiger partial charge in [0, 0.05) is 11.8 Å². The van der Waals surface area contributed by atoms with Gasteiger partial charge < -0.3 is 25.1 Å². The van der Waals surface area contributed by atoms with Gasteiger partial charge in [-0.15, -0.1) is 0 Å². The molecule has 0 amide bonds. The third-order valence-electron chi connectivity index (χ3n) is 3.21. The maximum Gasteiger partial charge on any atom is 0.231 e. The van der Waals surface area contributed by atoms with Crippen molar-refractivity contribution in [2.24, 2.45) is 0 Å². The number of hydrogen-bond acceptors (Lipinski definition) is 6. The molecule has 1 atom stereocenters. The second-order valence-corrected chi connectivity index (χ2v) is 4.92. The van der Waals surface area contributed by atoms with Crippen molar-refractivity contribution in [1.82, 2.24) is 4.98 Å². The highest BCUT2D eigenvalue weighted by Gasteiger charge is 2.24. The Bertz CT molecular complexity index is 693. The minimum Gasteiger partial charge on any atom is -0.493 e. The summed E-state index contributed by atoms with van der Waals surface area (Å²) in [5, 5.41) is 10.9. The number of nitrogens with zero attached hydrogens (tertiary/aromatic N) is 1. The molecule has 2 aromatic rings. The van der Waals surface area contributed by atoms with Crippen LogP contribution >= 0.6 is 11.6 Å². The van der Waals surface area contributed by atoms with Crippen LogP contribution in [-0.2, 0) is 0 Å². The zero-order chi connectivity index (χ0) is 15.0.